The van der Waals surface area contributed by atoms with Gasteiger partial charge < -0.3 is 50.5 Å². The first-order valence-electron chi connectivity index (χ1n) is 28.9. The molecular formula is C58H109NO10. The molecule has 9 atom stereocenters. The third-order valence-corrected chi connectivity index (χ3v) is 13.9. The second kappa shape index (κ2) is 47.3. The first-order valence-corrected chi connectivity index (χ1v) is 28.9. The third kappa shape index (κ3) is 36.0. The first-order chi connectivity index (χ1) is 33.7. The predicted octanol–water partition coefficient (Wildman–Crippen LogP) is 11.9. The van der Waals surface area contributed by atoms with Gasteiger partial charge in [-0.1, -0.05) is 217 Å². The molecule has 1 amide bonds. The molecule has 0 radical (unpaired) electrons. The molecule has 0 aromatic carbocycles. The maximum Gasteiger partial charge on any atom is 0.249 e. The van der Waals surface area contributed by atoms with E-state index in [1.807, 2.05) is 0 Å². The van der Waals surface area contributed by atoms with Crippen LogP contribution in [0.2, 0.25) is 0 Å². The summed E-state index contributed by atoms with van der Waals surface area (Å²) in [7, 11) is 0. The van der Waals surface area contributed by atoms with E-state index in [1.54, 1.807) is 0 Å². The van der Waals surface area contributed by atoms with Crippen molar-refractivity contribution in [2.75, 3.05) is 13.2 Å². The van der Waals surface area contributed by atoms with Crippen molar-refractivity contribution in [2.24, 2.45) is 0 Å². The summed E-state index contributed by atoms with van der Waals surface area (Å²) in [6, 6.07) is -1.19. The quantitative estimate of drug-likeness (QED) is 0.0215. The number of carbonyl (C=O) groups is 1. The molecular weight excluding hydrogens is 871 g/mol. The molecule has 0 saturated carbocycles. The van der Waals surface area contributed by atoms with Crippen LogP contribution in [0.5, 0.6) is 0 Å². The number of allylic oxidation sites excluding steroid dienone is 6. The average molecular weight is 981 g/mol. The van der Waals surface area contributed by atoms with Crippen LogP contribution in [-0.2, 0) is 14.3 Å². The molecule has 1 saturated heterocycles. The average Bonchev–Trinajstić information content (AvgIpc) is 3.35. The minimum Gasteiger partial charge on any atom is -0.394 e. The number of aliphatic hydroxyl groups excluding tert-OH is 7. The lowest BCUT2D eigenvalue weighted by molar-refractivity contribution is -0.303. The fourth-order valence-corrected chi connectivity index (χ4v) is 9.16. The number of hydrogen-bond acceptors (Lipinski definition) is 10. The predicted molar refractivity (Wildman–Crippen MR) is 284 cm³/mol. The Labute approximate surface area is 422 Å². The summed E-state index contributed by atoms with van der Waals surface area (Å²) in [6.07, 6.45) is 46.4. The van der Waals surface area contributed by atoms with Gasteiger partial charge in [0, 0.05) is 0 Å². The Morgan fingerprint density at radius 1 is 0.493 bits per heavy atom. The number of aliphatic hydroxyl groups is 7. The topological polar surface area (TPSA) is 189 Å². The van der Waals surface area contributed by atoms with Gasteiger partial charge >= 0.3 is 0 Å². The van der Waals surface area contributed by atoms with E-state index in [4.69, 9.17) is 9.47 Å². The summed E-state index contributed by atoms with van der Waals surface area (Å²) >= 11 is 0. The number of unbranched alkanes of at least 4 members (excludes halogenated alkanes) is 31. The van der Waals surface area contributed by atoms with Gasteiger partial charge in [-0.2, -0.15) is 0 Å². The van der Waals surface area contributed by atoms with Gasteiger partial charge in [0.2, 0.25) is 5.91 Å². The zero-order valence-corrected chi connectivity index (χ0v) is 44.3. The van der Waals surface area contributed by atoms with Gasteiger partial charge in [-0.3, -0.25) is 4.79 Å². The Bertz CT molecular complexity index is 1210. The molecule has 0 aliphatic carbocycles. The largest absolute Gasteiger partial charge is 0.394 e. The van der Waals surface area contributed by atoms with Gasteiger partial charge in [0.25, 0.3) is 0 Å². The summed E-state index contributed by atoms with van der Waals surface area (Å²) in [5, 5.41) is 76.0. The van der Waals surface area contributed by atoms with Crippen molar-refractivity contribution in [3.63, 3.8) is 0 Å². The molecule has 0 bridgehead atoms. The molecule has 1 aliphatic rings. The lowest BCUT2D eigenvalue weighted by Crippen LogP contribution is -2.60. The lowest BCUT2D eigenvalue weighted by atomic mass is 9.98. The number of amides is 1. The normalized spacial score (nSPS) is 20.6. The van der Waals surface area contributed by atoms with Crippen LogP contribution in [0, 0.1) is 0 Å². The van der Waals surface area contributed by atoms with Gasteiger partial charge in [0.1, 0.15) is 36.6 Å². The molecule has 0 aromatic heterocycles. The van der Waals surface area contributed by atoms with E-state index in [2.05, 4.69) is 55.6 Å². The molecule has 11 nitrogen and oxygen atoms in total. The SMILES string of the molecule is CCCCCCCC/C=C/CC/C=C/CCCC(O)C(O)C(COC1OC(CO)C(O)C(O)C1O)NC(=O)C(O)CCCCCCCCCCCCC/C=C\CCCCCCCCCCCCCC. The van der Waals surface area contributed by atoms with Crippen LogP contribution < -0.4 is 5.32 Å². The molecule has 0 aromatic rings. The number of hydrogen-bond donors (Lipinski definition) is 8. The Balaban J connectivity index is 2.29. The van der Waals surface area contributed by atoms with Crippen LogP contribution >= 0.6 is 0 Å². The molecule has 1 heterocycles. The number of nitrogens with one attached hydrogen (secondary N) is 1. The van der Waals surface area contributed by atoms with Gasteiger partial charge in [-0.15, -0.1) is 0 Å². The molecule has 1 rings (SSSR count). The maximum absolute atomic E-state index is 13.2. The monoisotopic (exact) mass is 980 g/mol. The number of carbonyl (C=O) groups excluding carboxylic acids is 1. The van der Waals surface area contributed by atoms with Gasteiger partial charge in [0.15, 0.2) is 6.29 Å². The zero-order valence-electron chi connectivity index (χ0n) is 44.3. The van der Waals surface area contributed by atoms with E-state index < -0.39 is 74.2 Å². The Hall–Kier alpha value is -1.67. The molecule has 8 N–H and O–H groups in total. The smallest absolute Gasteiger partial charge is 0.249 e. The standard InChI is InChI=1S/C58H109NO10/c1-3-5-7-9-11-13-15-17-19-20-21-22-23-24-25-26-27-28-29-30-32-34-36-38-40-42-44-46-51(62)57(67)59-49(48-68-58-56(66)55(65)54(64)52(47-60)69-58)53(63)50(61)45-43-41-39-37-35-33-31-18-16-14-12-10-8-6-4-2/h18,24-25,31,37,39,49-56,58,60-66H,3-17,19-23,26-30,32-36,38,40-48H2,1-2H3,(H,59,67)/b25-24-,31-18+,39-37+. The fraction of sp³-hybridized carbons (Fsp3) is 0.879. The number of ether oxygens (including phenoxy) is 2. The van der Waals surface area contributed by atoms with E-state index in [9.17, 15) is 40.5 Å². The van der Waals surface area contributed by atoms with Crippen molar-refractivity contribution in [3.05, 3.63) is 36.5 Å². The summed E-state index contributed by atoms with van der Waals surface area (Å²) in [5.74, 6) is -0.710. The molecule has 11 heteroatoms. The summed E-state index contributed by atoms with van der Waals surface area (Å²) in [6.45, 7) is 3.44. The van der Waals surface area contributed by atoms with Crippen molar-refractivity contribution >= 4 is 5.91 Å². The van der Waals surface area contributed by atoms with Crippen molar-refractivity contribution in [1.82, 2.24) is 5.32 Å². The van der Waals surface area contributed by atoms with Gasteiger partial charge in [-0.25, -0.2) is 0 Å². The van der Waals surface area contributed by atoms with Crippen LogP contribution in [0.25, 0.3) is 0 Å². The highest BCUT2D eigenvalue weighted by atomic mass is 16.7. The van der Waals surface area contributed by atoms with Crippen molar-refractivity contribution in [3.8, 4) is 0 Å². The molecule has 69 heavy (non-hydrogen) atoms. The summed E-state index contributed by atoms with van der Waals surface area (Å²) < 4.78 is 11.1. The Kier molecular flexibility index (Phi) is 44.8. The third-order valence-electron chi connectivity index (χ3n) is 13.9. The molecule has 9 unspecified atom stereocenters. The second-order valence-corrected chi connectivity index (χ2v) is 20.3. The van der Waals surface area contributed by atoms with Crippen LogP contribution in [0.15, 0.2) is 36.5 Å². The highest BCUT2D eigenvalue weighted by Gasteiger charge is 2.44. The summed E-state index contributed by atoms with van der Waals surface area (Å²) in [4.78, 5) is 13.2. The van der Waals surface area contributed by atoms with Crippen molar-refractivity contribution in [2.45, 2.75) is 313 Å². The minimum absolute atomic E-state index is 0.246. The van der Waals surface area contributed by atoms with E-state index in [0.29, 0.717) is 19.3 Å². The van der Waals surface area contributed by atoms with E-state index in [0.717, 1.165) is 38.5 Å². The molecule has 0 spiro atoms. The molecule has 406 valence electrons. The first kappa shape index (κ1) is 65.3. The highest BCUT2D eigenvalue weighted by Crippen LogP contribution is 2.23. The van der Waals surface area contributed by atoms with E-state index in [1.165, 1.54) is 173 Å². The van der Waals surface area contributed by atoms with E-state index >= 15 is 0 Å². The van der Waals surface area contributed by atoms with Crippen molar-refractivity contribution in [1.29, 1.82) is 0 Å². The van der Waals surface area contributed by atoms with Crippen LogP contribution in [-0.4, -0.2) is 110 Å². The lowest BCUT2D eigenvalue weighted by Gasteiger charge is -2.40. The minimum atomic E-state index is -1.67. The van der Waals surface area contributed by atoms with Crippen molar-refractivity contribution < 1.29 is 50.0 Å². The Morgan fingerprint density at radius 2 is 0.870 bits per heavy atom. The van der Waals surface area contributed by atoms with Crippen LogP contribution in [0.3, 0.4) is 0 Å². The van der Waals surface area contributed by atoms with Crippen LogP contribution in [0.4, 0.5) is 0 Å². The number of rotatable bonds is 49. The van der Waals surface area contributed by atoms with Gasteiger partial charge in [-0.05, 0) is 77.0 Å². The van der Waals surface area contributed by atoms with E-state index in [-0.39, 0.29) is 12.8 Å². The molecule has 1 aliphatic heterocycles. The van der Waals surface area contributed by atoms with Crippen LogP contribution in [0.1, 0.15) is 258 Å². The highest BCUT2D eigenvalue weighted by molar-refractivity contribution is 5.80. The Morgan fingerprint density at radius 3 is 1.29 bits per heavy atom. The summed E-state index contributed by atoms with van der Waals surface area (Å²) in [5.41, 5.74) is 0. The second-order valence-electron chi connectivity index (χ2n) is 20.3. The fourth-order valence-electron chi connectivity index (χ4n) is 9.16. The zero-order chi connectivity index (χ0) is 50.4. The molecule has 1 fully saturated rings. The maximum atomic E-state index is 13.2. The van der Waals surface area contributed by atoms with Gasteiger partial charge in [0.05, 0.1) is 25.4 Å².